The Bertz CT molecular complexity index is 411. The summed E-state index contributed by atoms with van der Waals surface area (Å²) in [4.78, 5) is 2.32. The average Bonchev–Trinajstić information content (AvgIpc) is 2.38. The van der Waals surface area contributed by atoms with Gasteiger partial charge in [-0.1, -0.05) is 13.0 Å². The minimum absolute atomic E-state index is 0.0313. The van der Waals surface area contributed by atoms with Crippen molar-refractivity contribution in [1.82, 2.24) is 4.90 Å². The van der Waals surface area contributed by atoms with E-state index in [4.69, 9.17) is 4.74 Å². The molecule has 1 heterocycles. The van der Waals surface area contributed by atoms with E-state index in [9.17, 15) is 9.50 Å². The van der Waals surface area contributed by atoms with Crippen LogP contribution in [0.1, 0.15) is 31.9 Å². The fourth-order valence-corrected chi connectivity index (χ4v) is 2.58. The van der Waals surface area contributed by atoms with Crippen LogP contribution in [0, 0.1) is 5.82 Å². The second-order valence-electron chi connectivity index (χ2n) is 4.75. The van der Waals surface area contributed by atoms with Gasteiger partial charge in [-0.25, -0.2) is 4.39 Å². The molecule has 0 aromatic heterocycles. The van der Waals surface area contributed by atoms with Gasteiger partial charge in [0.2, 0.25) is 0 Å². The third-order valence-electron chi connectivity index (χ3n) is 3.68. The zero-order valence-electron chi connectivity index (χ0n) is 10.9. The summed E-state index contributed by atoms with van der Waals surface area (Å²) in [5, 5.41) is 9.85. The van der Waals surface area contributed by atoms with Crippen molar-refractivity contribution in [2.24, 2.45) is 0 Å². The second-order valence-corrected chi connectivity index (χ2v) is 4.75. The molecule has 1 fully saturated rings. The molecule has 1 aromatic rings. The predicted octanol–water partition coefficient (Wildman–Crippen LogP) is 2.70. The summed E-state index contributed by atoms with van der Waals surface area (Å²) in [6, 6.07) is 4.66. The molecule has 0 spiro atoms. The number of phenolic OH excluding ortho intramolecular Hbond substituents is 1. The van der Waals surface area contributed by atoms with Gasteiger partial charge < -0.3 is 9.84 Å². The number of phenols is 1. The first-order chi connectivity index (χ1) is 8.63. The van der Waals surface area contributed by atoms with Crippen molar-refractivity contribution >= 4 is 0 Å². The molecule has 100 valence electrons. The molecule has 1 saturated heterocycles. The van der Waals surface area contributed by atoms with E-state index in [2.05, 4.69) is 11.8 Å². The summed E-state index contributed by atoms with van der Waals surface area (Å²) in [7, 11) is 0. The predicted molar refractivity (Wildman–Crippen MR) is 68.1 cm³/mol. The number of halogens is 1. The molecule has 3 nitrogen and oxygen atoms in total. The number of morpholine rings is 1. The Hall–Kier alpha value is -1.13. The van der Waals surface area contributed by atoms with E-state index in [1.807, 2.05) is 6.92 Å². The van der Waals surface area contributed by atoms with Gasteiger partial charge in [0, 0.05) is 30.3 Å². The Morgan fingerprint density at radius 2 is 2.33 bits per heavy atom. The van der Waals surface area contributed by atoms with Crippen LogP contribution in [0.3, 0.4) is 0 Å². The Morgan fingerprint density at radius 3 is 3.00 bits per heavy atom. The molecular weight excluding hydrogens is 233 g/mol. The van der Waals surface area contributed by atoms with Crippen molar-refractivity contribution in [3.8, 4) is 5.75 Å². The summed E-state index contributed by atoms with van der Waals surface area (Å²) in [6.45, 7) is 6.45. The van der Waals surface area contributed by atoms with Gasteiger partial charge in [-0.05, 0) is 19.4 Å². The van der Waals surface area contributed by atoms with E-state index in [0.29, 0.717) is 12.6 Å². The van der Waals surface area contributed by atoms with E-state index in [-0.39, 0.29) is 11.8 Å². The van der Waals surface area contributed by atoms with Gasteiger partial charge in [-0.15, -0.1) is 0 Å². The fraction of sp³-hybridized carbons (Fsp3) is 0.571. The maximum absolute atomic E-state index is 13.0. The molecule has 1 aliphatic heterocycles. The van der Waals surface area contributed by atoms with Crippen LogP contribution in [0.5, 0.6) is 5.75 Å². The summed E-state index contributed by atoms with van der Waals surface area (Å²) in [5.41, 5.74) is 0.775. The lowest BCUT2D eigenvalue weighted by Crippen LogP contribution is -2.46. The molecule has 1 aliphatic rings. The lowest BCUT2D eigenvalue weighted by Gasteiger charge is -2.39. The number of aromatic hydroxyl groups is 1. The van der Waals surface area contributed by atoms with Gasteiger partial charge in [0.15, 0.2) is 0 Å². The normalized spacial score (nSPS) is 22.9. The lowest BCUT2D eigenvalue weighted by molar-refractivity contribution is -0.0276. The molecule has 0 aliphatic carbocycles. The number of benzene rings is 1. The number of hydrogen-bond donors (Lipinski definition) is 1. The minimum atomic E-state index is -0.405. The van der Waals surface area contributed by atoms with Crippen molar-refractivity contribution in [3.63, 3.8) is 0 Å². The van der Waals surface area contributed by atoms with E-state index in [0.717, 1.165) is 25.1 Å². The lowest BCUT2D eigenvalue weighted by atomic mass is 10.0. The third-order valence-corrected chi connectivity index (χ3v) is 3.68. The number of hydrogen-bond acceptors (Lipinski definition) is 3. The van der Waals surface area contributed by atoms with Crippen LogP contribution in [0.15, 0.2) is 18.2 Å². The van der Waals surface area contributed by atoms with Crippen LogP contribution in [0.25, 0.3) is 0 Å². The smallest absolute Gasteiger partial charge is 0.126 e. The van der Waals surface area contributed by atoms with Crippen LogP contribution in [0.2, 0.25) is 0 Å². The molecule has 1 aromatic carbocycles. The topological polar surface area (TPSA) is 32.7 Å². The van der Waals surface area contributed by atoms with Gasteiger partial charge in [0.25, 0.3) is 0 Å². The maximum Gasteiger partial charge on any atom is 0.126 e. The molecule has 18 heavy (non-hydrogen) atoms. The Balaban J connectivity index is 2.20. The molecule has 2 rings (SSSR count). The van der Waals surface area contributed by atoms with Crippen molar-refractivity contribution in [3.05, 3.63) is 29.6 Å². The molecule has 0 radical (unpaired) electrons. The van der Waals surface area contributed by atoms with Crippen molar-refractivity contribution in [2.45, 2.75) is 32.4 Å². The monoisotopic (exact) mass is 253 g/mol. The van der Waals surface area contributed by atoms with Gasteiger partial charge in [-0.3, -0.25) is 4.90 Å². The number of rotatable bonds is 3. The molecule has 2 atom stereocenters. The first-order valence-corrected chi connectivity index (χ1v) is 6.45. The van der Waals surface area contributed by atoms with Gasteiger partial charge in [0.05, 0.1) is 13.2 Å². The molecule has 2 unspecified atom stereocenters. The first kappa shape index (κ1) is 13.3. The second kappa shape index (κ2) is 5.67. The average molecular weight is 253 g/mol. The van der Waals surface area contributed by atoms with Gasteiger partial charge in [-0.2, -0.15) is 0 Å². The number of nitrogens with zero attached hydrogens (tertiary/aromatic N) is 1. The van der Waals surface area contributed by atoms with E-state index in [1.165, 1.54) is 12.1 Å². The molecule has 0 amide bonds. The number of ether oxygens (including phenoxy) is 1. The molecule has 0 bridgehead atoms. The molecule has 4 heteroatoms. The van der Waals surface area contributed by atoms with E-state index >= 15 is 0 Å². The fourth-order valence-electron chi connectivity index (χ4n) is 2.58. The highest BCUT2D eigenvalue weighted by Gasteiger charge is 2.27. The third kappa shape index (κ3) is 2.65. The Kier molecular flexibility index (Phi) is 4.19. The highest BCUT2D eigenvalue weighted by molar-refractivity contribution is 5.35. The van der Waals surface area contributed by atoms with Crippen LogP contribution in [0.4, 0.5) is 4.39 Å². The molecular formula is C14H20FNO2. The van der Waals surface area contributed by atoms with Crippen molar-refractivity contribution in [1.29, 1.82) is 0 Å². The van der Waals surface area contributed by atoms with Gasteiger partial charge in [0.1, 0.15) is 11.6 Å². The van der Waals surface area contributed by atoms with Crippen LogP contribution in [-0.2, 0) is 4.74 Å². The van der Waals surface area contributed by atoms with Crippen molar-refractivity contribution in [2.75, 3.05) is 19.8 Å². The van der Waals surface area contributed by atoms with Crippen molar-refractivity contribution < 1.29 is 14.2 Å². The van der Waals surface area contributed by atoms with E-state index in [1.54, 1.807) is 6.07 Å². The first-order valence-electron chi connectivity index (χ1n) is 6.45. The maximum atomic E-state index is 13.0. The summed E-state index contributed by atoms with van der Waals surface area (Å²) >= 11 is 0. The van der Waals surface area contributed by atoms with E-state index < -0.39 is 5.82 Å². The molecule has 0 saturated carbocycles. The highest BCUT2D eigenvalue weighted by Crippen LogP contribution is 2.31. The quantitative estimate of drug-likeness (QED) is 0.899. The zero-order valence-corrected chi connectivity index (χ0v) is 10.9. The largest absolute Gasteiger partial charge is 0.508 e. The minimum Gasteiger partial charge on any atom is -0.508 e. The van der Waals surface area contributed by atoms with Gasteiger partial charge >= 0.3 is 0 Å². The Morgan fingerprint density at radius 1 is 1.56 bits per heavy atom. The standard InChI is InChI=1S/C14H20FNO2/c1-3-12-9-18-7-6-16(12)10(2)13-5-4-11(15)8-14(13)17/h4-5,8,10,12,17H,3,6-7,9H2,1-2H3. The Labute approximate surface area is 107 Å². The highest BCUT2D eigenvalue weighted by atomic mass is 19.1. The SMILES string of the molecule is CCC1COCCN1C(C)c1ccc(F)cc1O. The summed E-state index contributed by atoms with van der Waals surface area (Å²) in [6.07, 6.45) is 1.01. The van der Waals surface area contributed by atoms with Crippen LogP contribution >= 0.6 is 0 Å². The van der Waals surface area contributed by atoms with Crippen LogP contribution < -0.4 is 0 Å². The summed E-state index contributed by atoms with van der Waals surface area (Å²) < 4.78 is 18.5. The zero-order chi connectivity index (χ0) is 13.1. The molecule has 1 N–H and O–H groups in total. The summed E-state index contributed by atoms with van der Waals surface area (Å²) in [5.74, 6) is -0.374. The van der Waals surface area contributed by atoms with Crippen LogP contribution in [-0.4, -0.2) is 35.8 Å².